The molecule has 0 heterocycles. The van der Waals surface area contributed by atoms with Crippen molar-refractivity contribution in [1.82, 2.24) is 0 Å². The molecule has 0 rings (SSSR count). The number of hydrogen-bond acceptors (Lipinski definition) is 1. The highest BCUT2D eigenvalue weighted by molar-refractivity contribution is 5.17. The highest BCUT2D eigenvalue weighted by Crippen LogP contribution is 2.17. The second kappa shape index (κ2) is 7.81. The molecule has 0 fully saturated rings. The summed E-state index contributed by atoms with van der Waals surface area (Å²) < 4.78 is 0. The Hall–Kier alpha value is -0.560. The van der Waals surface area contributed by atoms with Crippen LogP contribution in [0.1, 0.15) is 46.5 Å². The lowest BCUT2D eigenvalue weighted by molar-refractivity contribution is 0.563. The number of allylic oxidation sites excluding steroid dienone is 2. The molecule has 14 heavy (non-hydrogen) atoms. The van der Waals surface area contributed by atoms with E-state index in [1.165, 1.54) is 24.8 Å². The average molecular weight is 195 g/mol. The standard InChI is InChI=1S/C13H25N/c1-5-7-8-10-13(14)12(9-6-2)11(3)4/h6,9,11,13H,2,5,7-8,10,14H2,1,3-4H3/b12-9+. The predicted molar refractivity (Wildman–Crippen MR) is 65.2 cm³/mol. The molecule has 0 aliphatic carbocycles. The molecule has 0 saturated carbocycles. The van der Waals surface area contributed by atoms with Gasteiger partial charge in [0.15, 0.2) is 0 Å². The Kier molecular flexibility index (Phi) is 7.50. The van der Waals surface area contributed by atoms with Gasteiger partial charge in [-0.15, -0.1) is 0 Å². The summed E-state index contributed by atoms with van der Waals surface area (Å²) in [6, 6.07) is 0.222. The van der Waals surface area contributed by atoms with Gasteiger partial charge < -0.3 is 5.73 Å². The monoisotopic (exact) mass is 195 g/mol. The Morgan fingerprint density at radius 3 is 2.43 bits per heavy atom. The molecule has 0 aromatic carbocycles. The quantitative estimate of drug-likeness (QED) is 0.487. The molecule has 0 aromatic rings. The molecule has 0 aliphatic rings. The van der Waals surface area contributed by atoms with Crippen molar-refractivity contribution in [3.63, 3.8) is 0 Å². The summed E-state index contributed by atoms with van der Waals surface area (Å²) in [5.74, 6) is 0.532. The van der Waals surface area contributed by atoms with Gasteiger partial charge in [-0.3, -0.25) is 0 Å². The summed E-state index contributed by atoms with van der Waals surface area (Å²) in [5.41, 5.74) is 7.46. The largest absolute Gasteiger partial charge is 0.324 e. The van der Waals surface area contributed by atoms with E-state index in [1.54, 1.807) is 0 Å². The number of unbranched alkanes of at least 4 members (excludes halogenated alkanes) is 2. The van der Waals surface area contributed by atoms with Gasteiger partial charge in [0, 0.05) is 6.04 Å². The van der Waals surface area contributed by atoms with Crippen LogP contribution in [0.25, 0.3) is 0 Å². The summed E-state index contributed by atoms with van der Waals surface area (Å²) in [6.07, 6.45) is 8.79. The maximum Gasteiger partial charge on any atom is 0.0259 e. The van der Waals surface area contributed by atoms with Crippen molar-refractivity contribution >= 4 is 0 Å². The first kappa shape index (κ1) is 13.4. The van der Waals surface area contributed by atoms with Crippen LogP contribution >= 0.6 is 0 Å². The molecular formula is C13H25N. The summed E-state index contributed by atoms with van der Waals surface area (Å²) in [5, 5.41) is 0. The van der Waals surface area contributed by atoms with Gasteiger partial charge in [-0.2, -0.15) is 0 Å². The van der Waals surface area contributed by atoms with Crippen molar-refractivity contribution in [2.45, 2.75) is 52.5 Å². The lowest BCUT2D eigenvalue weighted by Gasteiger charge is -2.18. The molecule has 1 nitrogen and oxygen atoms in total. The molecule has 2 N–H and O–H groups in total. The predicted octanol–water partition coefficient (Wildman–Crippen LogP) is 3.66. The van der Waals surface area contributed by atoms with Gasteiger partial charge in [-0.25, -0.2) is 0 Å². The molecule has 82 valence electrons. The van der Waals surface area contributed by atoms with Crippen LogP contribution in [0.4, 0.5) is 0 Å². The van der Waals surface area contributed by atoms with Crippen LogP contribution in [0.15, 0.2) is 24.3 Å². The molecule has 0 saturated heterocycles. The maximum atomic E-state index is 6.13. The molecule has 0 bridgehead atoms. The number of hydrogen-bond donors (Lipinski definition) is 1. The van der Waals surface area contributed by atoms with Crippen molar-refractivity contribution in [2.75, 3.05) is 0 Å². The second-order valence-corrected chi connectivity index (χ2v) is 4.16. The van der Waals surface area contributed by atoms with Crippen LogP contribution in [-0.2, 0) is 0 Å². The fraction of sp³-hybridized carbons (Fsp3) is 0.692. The maximum absolute atomic E-state index is 6.13. The van der Waals surface area contributed by atoms with Crippen molar-refractivity contribution in [2.24, 2.45) is 11.7 Å². The highest BCUT2D eigenvalue weighted by atomic mass is 14.6. The molecule has 0 amide bonds. The summed E-state index contributed by atoms with van der Waals surface area (Å²) in [6.45, 7) is 10.3. The second-order valence-electron chi connectivity index (χ2n) is 4.16. The third-order valence-corrected chi connectivity index (χ3v) is 2.52. The van der Waals surface area contributed by atoms with Crippen molar-refractivity contribution < 1.29 is 0 Å². The molecule has 1 atom stereocenters. The third-order valence-electron chi connectivity index (χ3n) is 2.52. The Labute approximate surface area is 89.1 Å². The Balaban J connectivity index is 4.09. The fourth-order valence-corrected chi connectivity index (χ4v) is 1.66. The zero-order valence-corrected chi connectivity index (χ0v) is 9.92. The highest BCUT2D eigenvalue weighted by Gasteiger charge is 2.11. The van der Waals surface area contributed by atoms with Gasteiger partial charge in [0.05, 0.1) is 0 Å². The van der Waals surface area contributed by atoms with Crippen molar-refractivity contribution in [1.29, 1.82) is 0 Å². The molecule has 1 heteroatoms. The van der Waals surface area contributed by atoms with Crippen LogP contribution in [0.3, 0.4) is 0 Å². The van der Waals surface area contributed by atoms with E-state index in [0.717, 1.165) is 6.42 Å². The van der Waals surface area contributed by atoms with E-state index < -0.39 is 0 Å². The Morgan fingerprint density at radius 1 is 1.36 bits per heavy atom. The molecule has 0 spiro atoms. The smallest absolute Gasteiger partial charge is 0.0259 e. The van der Waals surface area contributed by atoms with E-state index >= 15 is 0 Å². The van der Waals surface area contributed by atoms with Gasteiger partial charge in [-0.1, -0.05) is 64.3 Å². The zero-order chi connectivity index (χ0) is 11.0. The van der Waals surface area contributed by atoms with Gasteiger partial charge in [0.2, 0.25) is 0 Å². The first-order valence-electron chi connectivity index (χ1n) is 5.71. The van der Waals surface area contributed by atoms with Gasteiger partial charge in [0.1, 0.15) is 0 Å². The lowest BCUT2D eigenvalue weighted by Crippen LogP contribution is -2.25. The molecule has 0 aliphatic heterocycles. The van der Waals surface area contributed by atoms with Crippen LogP contribution in [0, 0.1) is 5.92 Å². The lowest BCUT2D eigenvalue weighted by atomic mass is 9.92. The molecule has 0 aromatic heterocycles. The molecular weight excluding hydrogens is 170 g/mol. The summed E-state index contributed by atoms with van der Waals surface area (Å²) >= 11 is 0. The van der Waals surface area contributed by atoms with Gasteiger partial charge >= 0.3 is 0 Å². The average Bonchev–Trinajstić information content (AvgIpc) is 2.13. The van der Waals surface area contributed by atoms with E-state index in [1.807, 2.05) is 6.08 Å². The van der Waals surface area contributed by atoms with Crippen LogP contribution in [-0.4, -0.2) is 6.04 Å². The van der Waals surface area contributed by atoms with Crippen molar-refractivity contribution in [3.8, 4) is 0 Å². The van der Waals surface area contributed by atoms with E-state index in [0.29, 0.717) is 5.92 Å². The topological polar surface area (TPSA) is 26.0 Å². The van der Waals surface area contributed by atoms with Gasteiger partial charge in [-0.05, 0) is 12.3 Å². The Morgan fingerprint density at radius 2 is 2.00 bits per heavy atom. The summed E-state index contributed by atoms with van der Waals surface area (Å²) in [4.78, 5) is 0. The SMILES string of the molecule is C=C/C=C(\C(C)C)C(N)CCCCC. The zero-order valence-electron chi connectivity index (χ0n) is 9.92. The van der Waals surface area contributed by atoms with Crippen LogP contribution < -0.4 is 5.73 Å². The normalized spacial score (nSPS) is 14.5. The minimum atomic E-state index is 0.222. The number of nitrogens with two attached hydrogens (primary N) is 1. The van der Waals surface area contributed by atoms with Crippen LogP contribution in [0.2, 0.25) is 0 Å². The van der Waals surface area contributed by atoms with E-state index in [4.69, 9.17) is 5.73 Å². The molecule has 0 radical (unpaired) electrons. The first-order valence-corrected chi connectivity index (χ1v) is 5.71. The van der Waals surface area contributed by atoms with Gasteiger partial charge in [0.25, 0.3) is 0 Å². The third kappa shape index (κ3) is 5.23. The Bertz CT molecular complexity index is 180. The van der Waals surface area contributed by atoms with E-state index in [9.17, 15) is 0 Å². The fourth-order valence-electron chi connectivity index (χ4n) is 1.66. The molecule has 1 unspecified atom stereocenters. The van der Waals surface area contributed by atoms with E-state index in [-0.39, 0.29) is 6.04 Å². The summed E-state index contributed by atoms with van der Waals surface area (Å²) in [7, 11) is 0. The van der Waals surface area contributed by atoms with E-state index in [2.05, 4.69) is 33.4 Å². The number of rotatable bonds is 7. The first-order chi connectivity index (χ1) is 6.63. The minimum Gasteiger partial charge on any atom is -0.324 e. The minimum absolute atomic E-state index is 0.222. The van der Waals surface area contributed by atoms with Crippen molar-refractivity contribution in [3.05, 3.63) is 24.3 Å². The van der Waals surface area contributed by atoms with Crippen LogP contribution in [0.5, 0.6) is 0 Å².